The lowest BCUT2D eigenvalue weighted by molar-refractivity contribution is 0.144. The minimum absolute atomic E-state index is 0.0958. The lowest BCUT2D eigenvalue weighted by Gasteiger charge is -2.42. The smallest absolute Gasteiger partial charge is 0.131 e. The first-order chi connectivity index (χ1) is 14.6. The summed E-state index contributed by atoms with van der Waals surface area (Å²) < 4.78 is 12.6. The first-order valence-electron chi connectivity index (χ1n) is 10.6. The highest BCUT2D eigenvalue weighted by molar-refractivity contribution is 7.85. The van der Waals surface area contributed by atoms with E-state index in [9.17, 15) is 9.32 Å². The molecule has 1 aliphatic carbocycles. The first kappa shape index (κ1) is 20.2. The fraction of sp³-hybridized carbons (Fsp3) is 0.571. The predicted octanol–water partition coefficient (Wildman–Crippen LogP) is 2.90. The Hall–Kier alpha value is -1.77. The molecule has 0 aromatic carbocycles. The van der Waals surface area contributed by atoms with Crippen LogP contribution in [-0.2, 0) is 17.2 Å². The Kier molecular flexibility index (Phi) is 5.41. The van der Waals surface area contributed by atoms with Crippen LogP contribution in [0.15, 0.2) is 23.4 Å². The number of aryl methyl sites for hydroxylation is 1. The van der Waals surface area contributed by atoms with Crippen molar-refractivity contribution in [1.29, 1.82) is 0 Å². The second kappa shape index (κ2) is 8.05. The molecule has 0 radical (unpaired) electrons. The van der Waals surface area contributed by atoms with Gasteiger partial charge in [0.25, 0.3) is 0 Å². The molecule has 0 spiro atoms. The van der Waals surface area contributed by atoms with Crippen LogP contribution >= 0.6 is 11.6 Å². The van der Waals surface area contributed by atoms with Gasteiger partial charge in [-0.25, -0.2) is 15.0 Å². The molecule has 5 rings (SSSR count). The van der Waals surface area contributed by atoms with Crippen LogP contribution in [0, 0.1) is 0 Å². The summed E-state index contributed by atoms with van der Waals surface area (Å²) in [5.41, 5.74) is 1.55. The molecule has 160 valence electrons. The van der Waals surface area contributed by atoms with E-state index in [2.05, 4.69) is 20.2 Å². The van der Waals surface area contributed by atoms with Crippen molar-refractivity contribution in [2.24, 2.45) is 0 Å². The number of anilines is 2. The highest BCUT2D eigenvalue weighted by Crippen LogP contribution is 2.40. The first-order valence-corrected chi connectivity index (χ1v) is 12.3. The van der Waals surface area contributed by atoms with Crippen LogP contribution in [0.4, 0.5) is 11.5 Å². The third-order valence-corrected chi connectivity index (χ3v) is 8.30. The Morgan fingerprint density at radius 2 is 2.00 bits per heavy atom. The largest absolute Gasteiger partial charge is 0.394 e. The number of hydrogen-bond acceptors (Lipinski definition) is 7. The third-order valence-electron chi connectivity index (χ3n) is 6.62. The maximum absolute atomic E-state index is 12.6. The lowest BCUT2D eigenvalue weighted by Crippen LogP contribution is -2.48. The maximum atomic E-state index is 12.6. The van der Waals surface area contributed by atoms with Gasteiger partial charge in [0.2, 0.25) is 0 Å². The molecule has 1 atom stereocenters. The summed E-state index contributed by atoms with van der Waals surface area (Å²) in [6.45, 7) is 1.84. The number of pyridine rings is 1. The zero-order valence-electron chi connectivity index (χ0n) is 16.8. The summed E-state index contributed by atoms with van der Waals surface area (Å²) in [4.78, 5) is 16.8. The zero-order chi connectivity index (χ0) is 20.7. The molecule has 0 amide bonds. The molecule has 2 aliphatic heterocycles. The highest BCUT2D eigenvalue weighted by atomic mass is 35.5. The minimum atomic E-state index is -1.02. The second-order valence-corrected chi connectivity index (χ2v) is 10.5. The van der Waals surface area contributed by atoms with Gasteiger partial charge in [0.05, 0.1) is 44.2 Å². The van der Waals surface area contributed by atoms with Crippen molar-refractivity contribution < 1.29 is 9.32 Å². The quantitative estimate of drug-likeness (QED) is 0.728. The van der Waals surface area contributed by atoms with Crippen molar-refractivity contribution in [3.63, 3.8) is 0 Å². The van der Waals surface area contributed by atoms with Crippen molar-refractivity contribution in [2.75, 3.05) is 35.7 Å². The molecule has 1 saturated heterocycles. The average Bonchev–Trinajstić information content (AvgIpc) is 3.12. The Bertz CT molecular complexity index is 953. The van der Waals surface area contributed by atoms with Crippen LogP contribution in [0.5, 0.6) is 0 Å². The molecule has 7 nitrogen and oxygen atoms in total. The zero-order valence-corrected chi connectivity index (χ0v) is 18.4. The third kappa shape index (κ3) is 3.69. The summed E-state index contributed by atoms with van der Waals surface area (Å²) in [5, 5.41) is 14.0. The Morgan fingerprint density at radius 1 is 1.27 bits per heavy atom. The molecule has 30 heavy (non-hydrogen) atoms. The molecular weight excluding hydrogens is 422 g/mol. The van der Waals surface area contributed by atoms with Crippen LogP contribution in [0.2, 0.25) is 5.02 Å². The van der Waals surface area contributed by atoms with Gasteiger partial charge in [-0.15, -0.1) is 0 Å². The molecule has 0 bridgehead atoms. The van der Waals surface area contributed by atoms with E-state index < -0.39 is 10.8 Å². The van der Waals surface area contributed by atoms with Gasteiger partial charge >= 0.3 is 0 Å². The highest BCUT2D eigenvalue weighted by Gasteiger charge is 2.38. The van der Waals surface area contributed by atoms with E-state index in [0.29, 0.717) is 16.7 Å². The standard InChI is InChI=1S/C21H26ClN5O2S/c22-15-11-23-20(24-12-15)14-2-7-27(8-3-14)18-10-17(26-21(13-28)5-1-6-21)19-16(25-18)4-9-30(19)29/h10-12,14,28H,1-9,13H2,(H,25,26). The van der Waals surface area contributed by atoms with E-state index in [-0.39, 0.29) is 12.1 Å². The van der Waals surface area contributed by atoms with Crippen molar-refractivity contribution in [2.45, 2.75) is 54.9 Å². The number of halogens is 1. The summed E-state index contributed by atoms with van der Waals surface area (Å²) >= 11 is 5.91. The number of aliphatic hydroxyl groups excluding tert-OH is 1. The summed E-state index contributed by atoms with van der Waals surface area (Å²) in [5.74, 6) is 2.74. The molecule has 1 saturated carbocycles. The van der Waals surface area contributed by atoms with Crippen LogP contribution < -0.4 is 10.2 Å². The van der Waals surface area contributed by atoms with Gasteiger partial charge in [-0.05, 0) is 32.1 Å². The number of rotatable bonds is 5. The summed E-state index contributed by atoms with van der Waals surface area (Å²) in [6, 6.07) is 2.04. The number of hydrogen-bond donors (Lipinski definition) is 2. The van der Waals surface area contributed by atoms with Crippen LogP contribution in [0.3, 0.4) is 0 Å². The number of aromatic nitrogens is 3. The molecule has 1 unspecified atom stereocenters. The maximum Gasteiger partial charge on any atom is 0.131 e. The fourth-order valence-corrected chi connectivity index (χ4v) is 6.10. The molecule has 2 aromatic heterocycles. The monoisotopic (exact) mass is 447 g/mol. The average molecular weight is 448 g/mol. The number of aliphatic hydroxyl groups is 1. The van der Waals surface area contributed by atoms with E-state index >= 15 is 0 Å². The van der Waals surface area contributed by atoms with Gasteiger partial charge in [-0.1, -0.05) is 11.6 Å². The summed E-state index contributed by atoms with van der Waals surface area (Å²) in [6.07, 6.45) is 8.96. The van der Waals surface area contributed by atoms with Gasteiger partial charge < -0.3 is 15.3 Å². The van der Waals surface area contributed by atoms with Crippen LogP contribution in [-0.4, -0.2) is 55.3 Å². The van der Waals surface area contributed by atoms with Crippen molar-refractivity contribution in [3.05, 3.63) is 35.0 Å². The molecule has 4 heterocycles. The fourth-order valence-electron chi connectivity index (χ4n) is 4.65. The molecular formula is C21H26ClN5O2S. The second-order valence-electron chi connectivity index (χ2n) is 8.54. The number of piperidine rings is 1. The number of nitrogens with zero attached hydrogens (tertiary/aromatic N) is 4. The van der Waals surface area contributed by atoms with Crippen molar-refractivity contribution >= 4 is 33.9 Å². The van der Waals surface area contributed by atoms with Crippen molar-refractivity contribution in [3.8, 4) is 0 Å². The van der Waals surface area contributed by atoms with E-state index in [4.69, 9.17) is 16.6 Å². The SMILES string of the molecule is O=S1CCc2nc(N3CCC(c4ncc(Cl)cn4)CC3)cc(NC3(CO)CCC3)c21. The van der Waals surface area contributed by atoms with Crippen LogP contribution in [0.1, 0.15) is 49.5 Å². The van der Waals surface area contributed by atoms with E-state index in [0.717, 1.165) is 79.5 Å². The molecule has 9 heteroatoms. The predicted molar refractivity (Wildman–Crippen MR) is 118 cm³/mol. The summed E-state index contributed by atoms with van der Waals surface area (Å²) in [7, 11) is -1.02. The van der Waals surface area contributed by atoms with Gasteiger partial charge in [0.15, 0.2) is 0 Å². The number of fused-ring (bicyclic) bond motifs is 1. The Balaban J connectivity index is 1.37. The van der Waals surface area contributed by atoms with Crippen molar-refractivity contribution in [1.82, 2.24) is 15.0 Å². The number of nitrogens with one attached hydrogen (secondary N) is 1. The van der Waals surface area contributed by atoms with Gasteiger partial charge in [0.1, 0.15) is 11.6 Å². The minimum Gasteiger partial charge on any atom is -0.394 e. The Morgan fingerprint density at radius 3 is 2.63 bits per heavy atom. The molecule has 3 aliphatic rings. The van der Waals surface area contributed by atoms with E-state index in [1.807, 2.05) is 6.07 Å². The molecule has 2 fully saturated rings. The van der Waals surface area contributed by atoms with Gasteiger partial charge in [0, 0.05) is 49.6 Å². The van der Waals surface area contributed by atoms with Crippen LogP contribution in [0.25, 0.3) is 0 Å². The van der Waals surface area contributed by atoms with E-state index in [1.54, 1.807) is 12.4 Å². The van der Waals surface area contributed by atoms with Gasteiger partial charge in [-0.3, -0.25) is 4.21 Å². The molecule has 2 aromatic rings. The lowest BCUT2D eigenvalue weighted by atomic mass is 9.77. The van der Waals surface area contributed by atoms with E-state index in [1.165, 1.54) is 0 Å². The normalized spacial score (nSPS) is 23.1. The molecule has 2 N–H and O–H groups in total. The Labute approximate surface area is 183 Å². The topological polar surface area (TPSA) is 91.2 Å². The van der Waals surface area contributed by atoms with Gasteiger partial charge in [-0.2, -0.15) is 0 Å².